The van der Waals surface area contributed by atoms with E-state index in [0.717, 1.165) is 27.1 Å². The second-order valence-electron chi connectivity index (χ2n) is 4.67. The van der Waals surface area contributed by atoms with E-state index in [1.54, 1.807) is 20.3 Å². The summed E-state index contributed by atoms with van der Waals surface area (Å²) in [6.45, 7) is 0. The number of benzene rings is 2. The summed E-state index contributed by atoms with van der Waals surface area (Å²) in [4.78, 5) is 0. The Bertz CT molecular complexity index is 616. The second-order valence-corrected chi connectivity index (χ2v) is 5.96. The van der Waals surface area contributed by atoms with Crippen molar-refractivity contribution < 1.29 is 9.47 Å². The average Bonchev–Trinajstić information content (AvgIpc) is 2.47. The summed E-state index contributed by atoms with van der Waals surface area (Å²) < 4.78 is 11.4. The molecule has 0 amide bonds. The molecule has 0 aliphatic heterocycles. The van der Waals surface area contributed by atoms with E-state index in [2.05, 4.69) is 15.9 Å². The van der Waals surface area contributed by atoms with E-state index in [-0.39, 0.29) is 6.04 Å². The highest BCUT2D eigenvalue weighted by atomic mass is 79.9. The fourth-order valence-electron chi connectivity index (χ4n) is 2.20. The fraction of sp³-hybridized carbons (Fsp3) is 0.250. The minimum absolute atomic E-state index is 0.205. The third kappa shape index (κ3) is 3.90. The normalized spacial score (nSPS) is 12.0. The molecule has 3 nitrogen and oxygen atoms in total. The van der Waals surface area contributed by atoms with Crippen molar-refractivity contribution in [2.24, 2.45) is 5.73 Å². The Morgan fingerprint density at radius 3 is 2.38 bits per heavy atom. The third-order valence-electron chi connectivity index (χ3n) is 3.26. The predicted octanol–water partition coefficient (Wildman–Crippen LogP) is 4.36. The van der Waals surface area contributed by atoms with Crippen molar-refractivity contribution in [3.63, 3.8) is 0 Å². The zero-order chi connectivity index (χ0) is 15.4. The molecule has 2 aromatic carbocycles. The zero-order valence-corrected chi connectivity index (χ0v) is 14.2. The fourth-order valence-corrected chi connectivity index (χ4v) is 3.19. The van der Waals surface area contributed by atoms with Crippen LogP contribution in [0.2, 0.25) is 5.02 Å². The number of methoxy groups -OCH3 is 2. The first-order valence-electron chi connectivity index (χ1n) is 6.46. The van der Waals surface area contributed by atoms with E-state index in [4.69, 9.17) is 26.8 Å². The Hall–Kier alpha value is -1.23. The Kier molecular flexibility index (Phi) is 5.51. The van der Waals surface area contributed by atoms with Crippen molar-refractivity contribution in [2.45, 2.75) is 12.5 Å². The van der Waals surface area contributed by atoms with Gasteiger partial charge in [0, 0.05) is 16.6 Å². The van der Waals surface area contributed by atoms with Crippen LogP contribution in [-0.4, -0.2) is 14.2 Å². The van der Waals surface area contributed by atoms with Gasteiger partial charge in [0.1, 0.15) is 11.5 Å². The molecular formula is C16H17BrClNO2. The van der Waals surface area contributed by atoms with Crippen molar-refractivity contribution in [1.82, 2.24) is 0 Å². The first-order chi connectivity index (χ1) is 10.0. The van der Waals surface area contributed by atoms with E-state index in [0.29, 0.717) is 11.4 Å². The highest BCUT2D eigenvalue weighted by molar-refractivity contribution is 9.10. The van der Waals surface area contributed by atoms with Gasteiger partial charge in [-0.15, -0.1) is 0 Å². The molecule has 1 atom stereocenters. The molecule has 0 fully saturated rings. The summed E-state index contributed by atoms with van der Waals surface area (Å²) >= 11 is 9.56. The maximum absolute atomic E-state index is 6.32. The van der Waals surface area contributed by atoms with Gasteiger partial charge in [0.05, 0.1) is 18.7 Å². The Morgan fingerprint density at radius 2 is 1.81 bits per heavy atom. The van der Waals surface area contributed by atoms with E-state index in [9.17, 15) is 0 Å². The lowest BCUT2D eigenvalue weighted by atomic mass is 9.99. The van der Waals surface area contributed by atoms with Crippen LogP contribution in [0.15, 0.2) is 40.9 Å². The monoisotopic (exact) mass is 369 g/mol. The molecule has 0 aliphatic rings. The Balaban J connectivity index is 2.25. The summed E-state index contributed by atoms with van der Waals surface area (Å²) in [6.07, 6.45) is 0.688. The minimum atomic E-state index is -0.205. The van der Waals surface area contributed by atoms with Gasteiger partial charge >= 0.3 is 0 Å². The second kappa shape index (κ2) is 7.16. The maximum Gasteiger partial charge on any atom is 0.137 e. The van der Waals surface area contributed by atoms with Crippen LogP contribution in [0, 0.1) is 0 Å². The molecule has 0 aromatic heterocycles. The van der Waals surface area contributed by atoms with E-state index >= 15 is 0 Å². The molecule has 112 valence electrons. The number of rotatable bonds is 5. The summed E-state index contributed by atoms with van der Waals surface area (Å²) in [5.41, 5.74) is 8.33. The molecule has 1 unspecified atom stereocenters. The van der Waals surface area contributed by atoms with Crippen LogP contribution in [0.4, 0.5) is 0 Å². The lowest BCUT2D eigenvalue weighted by molar-refractivity contribution is 0.402. The first kappa shape index (κ1) is 16.1. The summed E-state index contributed by atoms with van der Waals surface area (Å²) in [5, 5.41) is 0.628. The smallest absolute Gasteiger partial charge is 0.137 e. The van der Waals surface area contributed by atoms with Crippen molar-refractivity contribution in [2.75, 3.05) is 14.2 Å². The van der Waals surface area contributed by atoms with Gasteiger partial charge in [-0.2, -0.15) is 0 Å². The first-order valence-corrected chi connectivity index (χ1v) is 7.63. The van der Waals surface area contributed by atoms with Crippen molar-refractivity contribution in [3.8, 4) is 11.5 Å². The molecule has 5 heteroatoms. The summed E-state index contributed by atoms with van der Waals surface area (Å²) in [6, 6.07) is 11.3. The molecule has 0 heterocycles. The topological polar surface area (TPSA) is 44.5 Å². The van der Waals surface area contributed by atoms with Crippen LogP contribution >= 0.6 is 27.5 Å². The molecule has 2 N–H and O–H groups in total. The summed E-state index contributed by atoms with van der Waals surface area (Å²) in [5.74, 6) is 1.55. The predicted molar refractivity (Wildman–Crippen MR) is 89.3 cm³/mol. The van der Waals surface area contributed by atoms with Crippen LogP contribution < -0.4 is 15.2 Å². The lowest BCUT2D eigenvalue weighted by Gasteiger charge is -2.17. The quantitative estimate of drug-likeness (QED) is 0.850. The molecule has 0 saturated carbocycles. The number of hydrogen-bond donors (Lipinski definition) is 1. The lowest BCUT2D eigenvalue weighted by Crippen LogP contribution is -2.14. The van der Waals surface area contributed by atoms with Gasteiger partial charge in [-0.05, 0) is 52.2 Å². The van der Waals surface area contributed by atoms with Crippen LogP contribution in [0.1, 0.15) is 17.2 Å². The van der Waals surface area contributed by atoms with Gasteiger partial charge in [-0.3, -0.25) is 0 Å². The van der Waals surface area contributed by atoms with Crippen molar-refractivity contribution in [1.29, 1.82) is 0 Å². The average molecular weight is 371 g/mol. The Labute approximate surface area is 138 Å². The molecule has 0 spiro atoms. The summed E-state index contributed by atoms with van der Waals surface area (Å²) in [7, 11) is 3.27. The number of hydrogen-bond acceptors (Lipinski definition) is 3. The van der Waals surface area contributed by atoms with Gasteiger partial charge < -0.3 is 15.2 Å². The zero-order valence-electron chi connectivity index (χ0n) is 11.9. The van der Waals surface area contributed by atoms with Crippen molar-refractivity contribution in [3.05, 3.63) is 57.0 Å². The van der Waals surface area contributed by atoms with Gasteiger partial charge in [0.25, 0.3) is 0 Å². The molecule has 0 bridgehead atoms. The van der Waals surface area contributed by atoms with Crippen LogP contribution in [0.25, 0.3) is 0 Å². The van der Waals surface area contributed by atoms with Gasteiger partial charge in [-0.1, -0.05) is 23.7 Å². The van der Waals surface area contributed by atoms with E-state index in [1.165, 1.54) is 0 Å². The molecule has 0 saturated heterocycles. The van der Waals surface area contributed by atoms with Crippen LogP contribution in [0.3, 0.4) is 0 Å². The maximum atomic E-state index is 6.32. The largest absolute Gasteiger partial charge is 0.497 e. The number of ether oxygens (including phenoxy) is 2. The molecule has 0 aliphatic carbocycles. The van der Waals surface area contributed by atoms with Gasteiger partial charge in [-0.25, -0.2) is 0 Å². The van der Waals surface area contributed by atoms with Crippen LogP contribution in [-0.2, 0) is 6.42 Å². The van der Waals surface area contributed by atoms with E-state index in [1.807, 2.05) is 30.3 Å². The number of nitrogens with two attached hydrogens (primary N) is 1. The van der Waals surface area contributed by atoms with Gasteiger partial charge in [0.2, 0.25) is 0 Å². The van der Waals surface area contributed by atoms with Crippen molar-refractivity contribution >= 4 is 27.5 Å². The minimum Gasteiger partial charge on any atom is -0.497 e. The standard InChI is InChI=1S/C16H17BrClNO2/c1-20-12-5-3-10(4-6-12)7-15(19)13-8-11(18)9-14(17)16(13)21-2/h3-6,8-9,15H,7,19H2,1-2H3. The highest BCUT2D eigenvalue weighted by Crippen LogP contribution is 2.36. The third-order valence-corrected chi connectivity index (χ3v) is 4.06. The molecule has 21 heavy (non-hydrogen) atoms. The number of halogens is 2. The molecular weight excluding hydrogens is 354 g/mol. The highest BCUT2D eigenvalue weighted by Gasteiger charge is 2.16. The van der Waals surface area contributed by atoms with Gasteiger partial charge in [0.15, 0.2) is 0 Å². The SMILES string of the molecule is COc1ccc(CC(N)c2cc(Cl)cc(Br)c2OC)cc1. The molecule has 2 rings (SSSR count). The molecule has 0 radical (unpaired) electrons. The van der Waals surface area contributed by atoms with Crippen LogP contribution in [0.5, 0.6) is 11.5 Å². The van der Waals surface area contributed by atoms with E-state index < -0.39 is 0 Å². The molecule has 2 aromatic rings. The Morgan fingerprint density at radius 1 is 1.14 bits per heavy atom.